The minimum Gasteiger partial charge on any atom is -0.267 e. The molecule has 0 radical (unpaired) electrons. The SMILES string of the molecule is CCC(C)(C)S(=O)(=O)OC(C)CC(C)OS(=O)(=O)C(C)(C)CC. The fraction of sp³-hybridized carbons (Fsp3) is 1.00. The first-order valence-electron chi connectivity index (χ1n) is 7.97. The lowest BCUT2D eigenvalue weighted by atomic mass is 10.1. The number of hydrogen-bond donors (Lipinski definition) is 0. The third kappa shape index (κ3) is 5.99. The molecule has 0 aliphatic rings. The molecule has 0 aromatic heterocycles. The molecule has 0 aromatic rings. The Kier molecular flexibility index (Phi) is 7.74. The van der Waals surface area contributed by atoms with Gasteiger partial charge in [-0.05, 0) is 54.4 Å². The van der Waals surface area contributed by atoms with Gasteiger partial charge in [0, 0.05) is 6.42 Å². The Morgan fingerprint density at radius 3 is 1.22 bits per heavy atom. The molecule has 0 saturated heterocycles. The smallest absolute Gasteiger partial charge is 0.267 e. The van der Waals surface area contributed by atoms with Gasteiger partial charge in [-0.1, -0.05) is 13.8 Å². The van der Waals surface area contributed by atoms with Gasteiger partial charge in [0.2, 0.25) is 0 Å². The molecule has 0 fully saturated rings. The molecule has 0 bridgehead atoms. The molecule has 0 aliphatic carbocycles. The van der Waals surface area contributed by atoms with Gasteiger partial charge in [0.25, 0.3) is 20.2 Å². The molecule has 0 aliphatic heterocycles. The summed E-state index contributed by atoms with van der Waals surface area (Å²) < 4.78 is 57.1. The van der Waals surface area contributed by atoms with Crippen molar-refractivity contribution in [2.45, 2.75) is 96.4 Å². The van der Waals surface area contributed by atoms with Crippen molar-refractivity contribution in [2.75, 3.05) is 0 Å². The molecule has 0 rings (SSSR count). The van der Waals surface area contributed by atoms with E-state index in [2.05, 4.69) is 0 Å². The fourth-order valence-corrected chi connectivity index (χ4v) is 3.84. The minimum absolute atomic E-state index is 0.165. The molecule has 2 unspecified atom stereocenters. The van der Waals surface area contributed by atoms with Gasteiger partial charge in [-0.15, -0.1) is 0 Å². The highest BCUT2D eigenvalue weighted by Crippen LogP contribution is 2.27. The maximum absolute atomic E-state index is 12.2. The van der Waals surface area contributed by atoms with Gasteiger partial charge in [0.05, 0.1) is 21.7 Å². The first-order valence-corrected chi connectivity index (χ1v) is 10.8. The predicted molar refractivity (Wildman–Crippen MR) is 92.3 cm³/mol. The van der Waals surface area contributed by atoms with Crippen molar-refractivity contribution in [3.05, 3.63) is 0 Å². The molecule has 0 amide bonds. The van der Waals surface area contributed by atoms with Crippen molar-refractivity contribution in [3.8, 4) is 0 Å². The summed E-state index contributed by atoms with van der Waals surface area (Å²) in [6, 6.07) is 0. The highest BCUT2D eigenvalue weighted by atomic mass is 32.2. The van der Waals surface area contributed by atoms with E-state index in [0.29, 0.717) is 12.8 Å². The summed E-state index contributed by atoms with van der Waals surface area (Å²) in [6.45, 7) is 13.1. The molecule has 0 N–H and O–H groups in total. The monoisotopic (exact) mass is 372 g/mol. The third-order valence-corrected chi connectivity index (χ3v) is 8.75. The molecular formula is C15H32O6S2. The third-order valence-electron chi connectivity index (χ3n) is 4.30. The van der Waals surface area contributed by atoms with E-state index in [1.807, 2.05) is 0 Å². The number of rotatable bonds is 10. The average Bonchev–Trinajstić information content (AvgIpc) is 2.36. The van der Waals surface area contributed by atoms with Crippen LogP contribution in [0, 0.1) is 0 Å². The largest absolute Gasteiger partial charge is 0.272 e. The Balaban J connectivity index is 4.86. The molecule has 8 heteroatoms. The average molecular weight is 373 g/mol. The zero-order valence-electron chi connectivity index (χ0n) is 15.5. The quantitative estimate of drug-likeness (QED) is 0.547. The van der Waals surface area contributed by atoms with E-state index in [1.54, 1.807) is 55.4 Å². The van der Waals surface area contributed by atoms with E-state index < -0.39 is 41.9 Å². The Bertz CT molecular complexity index is 523. The molecule has 0 aromatic carbocycles. The molecule has 2 atom stereocenters. The molecular weight excluding hydrogens is 340 g/mol. The fourth-order valence-electron chi connectivity index (χ4n) is 1.59. The topological polar surface area (TPSA) is 86.7 Å². The van der Waals surface area contributed by atoms with Crippen LogP contribution >= 0.6 is 0 Å². The highest BCUT2D eigenvalue weighted by molar-refractivity contribution is 7.88. The van der Waals surface area contributed by atoms with E-state index in [1.165, 1.54) is 0 Å². The highest BCUT2D eigenvalue weighted by Gasteiger charge is 2.37. The summed E-state index contributed by atoms with van der Waals surface area (Å²) in [7, 11) is -7.47. The number of hydrogen-bond acceptors (Lipinski definition) is 6. The maximum Gasteiger partial charge on any atom is 0.272 e. The van der Waals surface area contributed by atoms with Crippen molar-refractivity contribution in [1.82, 2.24) is 0 Å². The van der Waals surface area contributed by atoms with Crippen molar-refractivity contribution >= 4 is 20.2 Å². The summed E-state index contributed by atoms with van der Waals surface area (Å²) in [5.74, 6) is 0. The van der Waals surface area contributed by atoms with Crippen LogP contribution in [0.15, 0.2) is 0 Å². The zero-order chi connectivity index (χ0) is 18.7. The molecule has 0 saturated carbocycles. The van der Waals surface area contributed by atoms with Gasteiger partial charge in [0.15, 0.2) is 0 Å². The van der Waals surface area contributed by atoms with Gasteiger partial charge in [-0.3, -0.25) is 8.37 Å². The predicted octanol–water partition coefficient (Wildman–Crippen LogP) is 3.22. The summed E-state index contributed by atoms with van der Waals surface area (Å²) in [5, 5.41) is 0. The van der Waals surface area contributed by atoms with Crippen LogP contribution in [0.1, 0.15) is 74.7 Å². The summed E-state index contributed by atoms with van der Waals surface area (Å²) >= 11 is 0. The summed E-state index contributed by atoms with van der Waals surface area (Å²) in [5.41, 5.74) is 0. The minimum atomic E-state index is -3.74. The van der Waals surface area contributed by atoms with Crippen LogP contribution < -0.4 is 0 Å². The molecule has 140 valence electrons. The Morgan fingerprint density at radius 1 is 0.739 bits per heavy atom. The van der Waals surface area contributed by atoms with Gasteiger partial charge < -0.3 is 0 Å². The van der Waals surface area contributed by atoms with Crippen LogP contribution in [-0.4, -0.2) is 38.5 Å². The van der Waals surface area contributed by atoms with Crippen molar-refractivity contribution in [3.63, 3.8) is 0 Å². The normalized spacial score (nSPS) is 17.0. The second-order valence-electron chi connectivity index (χ2n) is 7.18. The van der Waals surface area contributed by atoms with E-state index in [0.717, 1.165) is 0 Å². The zero-order valence-corrected chi connectivity index (χ0v) is 17.2. The van der Waals surface area contributed by atoms with Crippen molar-refractivity contribution in [2.24, 2.45) is 0 Å². The van der Waals surface area contributed by atoms with E-state index in [4.69, 9.17) is 8.37 Å². The Morgan fingerprint density at radius 2 is 1.00 bits per heavy atom. The van der Waals surface area contributed by atoms with Crippen LogP contribution in [0.25, 0.3) is 0 Å². The molecule has 0 heterocycles. The van der Waals surface area contributed by atoms with Gasteiger partial charge in [-0.25, -0.2) is 0 Å². The molecule has 0 spiro atoms. The summed E-state index contributed by atoms with van der Waals surface area (Å²) in [4.78, 5) is 0. The Labute approximate surface area is 142 Å². The lowest BCUT2D eigenvalue weighted by Crippen LogP contribution is -2.37. The van der Waals surface area contributed by atoms with Gasteiger partial charge in [0.1, 0.15) is 0 Å². The van der Waals surface area contributed by atoms with Gasteiger partial charge in [-0.2, -0.15) is 16.8 Å². The second-order valence-corrected chi connectivity index (χ2v) is 11.6. The van der Waals surface area contributed by atoms with Crippen LogP contribution in [0.5, 0.6) is 0 Å². The van der Waals surface area contributed by atoms with E-state index >= 15 is 0 Å². The van der Waals surface area contributed by atoms with Crippen LogP contribution in [0.3, 0.4) is 0 Å². The molecule has 23 heavy (non-hydrogen) atoms. The molecule has 6 nitrogen and oxygen atoms in total. The lowest BCUT2D eigenvalue weighted by Gasteiger charge is -2.27. The lowest BCUT2D eigenvalue weighted by molar-refractivity contribution is 0.133. The summed E-state index contributed by atoms with van der Waals surface area (Å²) in [6.07, 6.45) is -0.320. The van der Waals surface area contributed by atoms with E-state index in [9.17, 15) is 16.8 Å². The van der Waals surface area contributed by atoms with E-state index in [-0.39, 0.29) is 6.42 Å². The van der Waals surface area contributed by atoms with Crippen LogP contribution in [-0.2, 0) is 28.6 Å². The van der Waals surface area contributed by atoms with Crippen LogP contribution in [0.2, 0.25) is 0 Å². The second kappa shape index (κ2) is 7.80. The first kappa shape index (κ1) is 22.8. The first-order chi connectivity index (χ1) is 10.1. The standard InChI is InChI=1S/C15H32O6S2/c1-9-14(5,6)22(16,17)20-12(3)11-13(4)21-23(18,19)15(7,8)10-2/h12-13H,9-11H2,1-8H3. The van der Waals surface area contributed by atoms with Crippen molar-refractivity contribution < 1.29 is 25.2 Å². The maximum atomic E-state index is 12.2. The Hall–Kier alpha value is -0.180. The van der Waals surface area contributed by atoms with Crippen LogP contribution in [0.4, 0.5) is 0 Å². The van der Waals surface area contributed by atoms with Crippen molar-refractivity contribution in [1.29, 1.82) is 0 Å². The van der Waals surface area contributed by atoms with Gasteiger partial charge >= 0.3 is 0 Å².